The van der Waals surface area contributed by atoms with Crippen LogP contribution in [-0.2, 0) is 17.6 Å². The Morgan fingerprint density at radius 1 is 1.11 bits per heavy atom. The third-order valence-corrected chi connectivity index (χ3v) is 5.26. The summed E-state index contributed by atoms with van der Waals surface area (Å²) in [5, 5.41) is 9.03. The van der Waals surface area contributed by atoms with Gasteiger partial charge in [0.2, 0.25) is 0 Å². The number of carboxylic acids is 1. The minimum Gasteiger partial charge on any atom is -0.480 e. The summed E-state index contributed by atoms with van der Waals surface area (Å²) in [6.45, 7) is 7.40. The van der Waals surface area contributed by atoms with Crippen LogP contribution in [0.5, 0.6) is 0 Å². The van der Waals surface area contributed by atoms with Crippen LogP contribution in [0.15, 0.2) is 30.5 Å². The van der Waals surface area contributed by atoms with Gasteiger partial charge in [-0.05, 0) is 24.8 Å². The van der Waals surface area contributed by atoms with Crippen molar-refractivity contribution >= 4 is 11.8 Å². The Morgan fingerprint density at radius 3 is 2.43 bits per heavy atom. The van der Waals surface area contributed by atoms with E-state index in [2.05, 4.69) is 43.0 Å². The van der Waals surface area contributed by atoms with Crippen molar-refractivity contribution in [2.24, 2.45) is 0 Å². The van der Waals surface area contributed by atoms with Gasteiger partial charge in [-0.15, -0.1) is 0 Å². The summed E-state index contributed by atoms with van der Waals surface area (Å²) < 4.78 is 0. The zero-order valence-electron chi connectivity index (χ0n) is 16.9. The van der Waals surface area contributed by atoms with Crippen molar-refractivity contribution in [3.63, 3.8) is 0 Å². The molecule has 1 aromatic carbocycles. The van der Waals surface area contributed by atoms with Crippen molar-refractivity contribution in [1.29, 1.82) is 0 Å². The van der Waals surface area contributed by atoms with E-state index in [9.17, 15) is 4.79 Å². The van der Waals surface area contributed by atoms with E-state index in [4.69, 9.17) is 15.1 Å². The van der Waals surface area contributed by atoms with Gasteiger partial charge in [0.15, 0.2) is 5.82 Å². The molecule has 1 aromatic heterocycles. The van der Waals surface area contributed by atoms with E-state index in [-0.39, 0.29) is 6.54 Å². The molecule has 0 bridgehead atoms. The van der Waals surface area contributed by atoms with Crippen molar-refractivity contribution in [3.8, 4) is 11.3 Å². The Labute approximate surface area is 167 Å². The Kier molecular flexibility index (Phi) is 6.98. The Hall–Kier alpha value is -2.47. The summed E-state index contributed by atoms with van der Waals surface area (Å²) in [5.74, 6) is 0.152. The lowest BCUT2D eigenvalue weighted by Crippen LogP contribution is -2.48. The number of nitrogens with zero attached hydrogens (tertiary/aromatic N) is 4. The number of piperazine rings is 1. The number of aryl methyl sites for hydroxylation is 2. The quantitative estimate of drug-likeness (QED) is 0.756. The summed E-state index contributed by atoms with van der Waals surface area (Å²) >= 11 is 0. The third-order valence-electron chi connectivity index (χ3n) is 5.26. The number of aromatic nitrogens is 2. The maximum Gasteiger partial charge on any atom is 0.317 e. The van der Waals surface area contributed by atoms with Crippen LogP contribution in [0.2, 0.25) is 0 Å². The monoisotopic (exact) mass is 382 g/mol. The lowest BCUT2D eigenvalue weighted by Gasteiger charge is -2.35. The average Bonchev–Trinajstić information content (AvgIpc) is 2.72. The highest BCUT2D eigenvalue weighted by atomic mass is 16.4. The number of anilines is 1. The van der Waals surface area contributed by atoms with Crippen LogP contribution in [0.3, 0.4) is 0 Å². The molecule has 0 spiro atoms. The predicted molar refractivity (Wildman–Crippen MR) is 112 cm³/mol. The number of aliphatic carboxylic acids is 1. The van der Waals surface area contributed by atoms with Crippen LogP contribution in [0.25, 0.3) is 11.3 Å². The van der Waals surface area contributed by atoms with Crippen molar-refractivity contribution in [1.82, 2.24) is 14.9 Å². The van der Waals surface area contributed by atoms with E-state index in [1.165, 1.54) is 5.56 Å². The molecule has 1 fully saturated rings. The third kappa shape index (κ3) is 5.07. The molecule has 28 heavy (non-hydrogen) atoms. The summed E-state index contributed by atoms with van der Waals surface area (Å²) in [7, 11) is 0. The normalized spacial score (nSPS) is 15.0. The van der Waals surface area contributed by atoms with Gasteiger partial charge in [0, 0.05) is 37.9 Å². The lowest BCUT2D eigenvalue weighted by molar-refractivity contribution is -0.138. The second-order valence-electron chi connectivity index (χ2n) is 7.34. The zero-order chi connectivity index (χ0) is 19.9. The molecule has 0 saturated carbocycles. The van der Waals surface area contributed by atoms with Gasteiger partial charge in [-0.2, -0.15) is 0 Å². The van der Waals surface area contributed by atoms with Crippen LogP contribution >= 0.6 is 0 Å². The second-order valence-corrected chi connectivity index (χ2v) is 7.34. The Bertz CT molecular complexity index is 784. The standard InChI is InChI=1S/C22H30N4O2/c1-3-5-6-19-15-23-21(18-9-7-17(4-2)8-10-18)22(24-19)26-13-11-25(12-14-26)16-20(27)28/h7-10,15H,3-6,11-14,16H2,1-2H3,(H,27,28). The molecule has 150 valence electrons. The first kappa shape index (κ1) is 20.3. The molecule has 6 heteroatoms. The lowest BCUT2D eigenvalue weighted by atomic mass is 10.1. The van der Waals surface area contributed by atoms with Gasteiger partial charge in [-0.3, -0.25) is 14.7 Å². The molecule has 0 amide bonds. The number of hydrogen-bond donors (Lipinski definition) is 1. The van der Waals surface area contributed by atoms with E-state index < -0.39 is 5.97 Å². The fraction of sp³-hybridized carbons (Fsp3) is 0.500. The van der Waals surface area contributed by atoms with Gasteiger partial charge in [-0.1, -0.05) is 44.5 Å². The van der Waals surface area contributed by atoms with Crippen molar-refractivity contribution in [3.05, 3.63) is 41.7 Å². The minimum absolute atomic E-state index is 0.0986. The van der Waals surface area contributed by atoms with E-state index in [0.717, 1.165) is 74.6 Å². The molecule has 1 N–H and O–H groups in total. The first-order chi connectivity index (χ1) is 13.6. The minimum atomic E-state index is -0.772. The fourth-order valence-electron chi connectivity index (χ4n) is 3.52. The van der Waals surface area contributed by atoms with E-state index in [0.29, 0.717) is 0 Å². The van der Waals surface area contributed by atoms with Gasteiger partial charge in [0.25, 0.3) is 0 Å². The van der Waals surface area contributed by atoms with E-state index in [1.807, 2.05) is 11.1 Å². The fourth-order valence-corrected chi connectivity index (χ4v) is 3.52. The number of unbranched alkanes of at least 4 members (excludes halogenated alkanes) is 1. The van der Waals surface area contributed by atoms with E-state index >= 15 is 0 Å². The topological polar surface area (TPSA) is 69.6 Å². The zero-order valence-corrected chi connectivity index (χ0v) is 16.9. The molecule has 3 rings (SSSR count). The van der Waals surface area contributed by atoms with Crippen LogP contribution in [0.4, 0.5) is 5.82 Å². The van der Waals surface area contributed by atoms with Crippen LogP contribution in [-0.4, -0.2) is 58.7 Å². The molecule has 2 heterocycles. The molecule has 1 saturated heterocycles. The molecule has 0 aliphatic carbocycles. The maximum absolute atomic E-state index is 11.0. The van der Waals surface area contributed by atoms with Crippen LogP contribution in [0.1, 0.15) is 37.9 Å². The summed E-state index contributed by atoms with van der Waals surface area (Å²) in [4.78, 5) is 25.0. The number of carboxylic acid groups (broad SMARTS) is 1. The molecule has 0 radical (unpaired) electrons. The summed E-state index contributed by atoms with van der Waals surface area (Å²) in [6.07, 6.45) is 6.09. The van der Waals surface area contributed by atoms with Crippen molar-refractivity contribution < 1.29 is 9.90 Å². The van der Waals surface area contributed by atoms with Gasteiger partial charge in [-0.25, -0.2) is 4.98 Å². The molecule has 6 nitrogen and oxygen atoms in total. The van der Waals surface area contributed by atoms with Gasteiger partial charge in [0.05, 0.1) is 12.2 Å². The van der Waals surface area contributed by atoms with Crippen molar-refractivity contribution in [2.45, 2.75) is 39.5 Å². The first-order valence-corrected chi connectivity index (χ1v) is 10.2. The number of hydrogen-bond acceptors (Lipinski definition) is 5. The largest absolute Gasteiger partial charge is 0.480 e. The molecular weight excluding hydrogens is 352 g/mol. The molecule has 0 atom stereocenters. The summed E-state index contributed by atoms with van der Waals surface area (Å²) in [5.41, 5.74) is 4.32. The SMILES string of the molecule is CCCCc1cnc(-c2ccc(CC)cc2)c(N2CCN(CC(=O)O)CC2)n1. The van der Waals surface area contributed by atoms with E-state index in [1.54, 1.807) is 0 Å². The predicted octanol–water partition coefficient (Wildman–Crippen LogP) is 3.26. The highest BCUT2D eigenvalue weighted by Gasteiger charge is 2.23. The molecule has 1 aliphatic rings. The smallest absolute Gasteiger partial charge is 0.317 e. The Balaban J connectivity index is 1.86. The highest BCUT2D eigenvalue weighted by molar-refractivity contribution is 5.73. The first-order valence-electron chi connectivity index (χ1n) is 10.2. The van der Waals surface area contributed by atoms with Gasteiger partial charge < -0.3 is 10.0 Å². The summed E-state index contributed by atoms with van der Waals surface area (Å²) in [6, 6.07) is 8.55. The molecule has 2 aromatic rings. The second kappa shape index (κ2) is 9.64. The highest BCUT2D eigenvalue weighted by Crippen LogP contribution is 2.29. The van der Waals surface area contributed by atoms with Crippen molar-refractivity contribution in [2.75, 3.05) is 37.6 Å². The number of benzene rings is 1. The molecule has 0 unspecified atom stereocenters. The molecule has 1 aliphatic heterocycles. The number of carbonyl (C=O) groups is 1. The maximum atomic E-state index is 11.0. The van der Waals surface area contributed by atoms with Gasteiger partial charge in [0.1, 0.15) is 5.69 Å². The molecular formula is C22H30N4O2. The number of rotatable bonds is 8. The Morgan fingerprint density at radius 2 is 1.82 bits per heavy atom. The van der Waals surface area contributed by atoms with Crippen LogP contribution in [0, 0.1) is 0 Å². The average molecular weight is 383 g/mol. The van der Waals surface area contributed by atoms with Crippen LogP contribution < -0.4 is 4.90 Å². The van der Waals surface area contributed by atoms with Gasteiger partial charge >= 0.3 is 5.97 Å².